The summed E-state index contributed by atoms with van der Waals surface area (Å²) in [7, 11) is 0. The molecule has 0 saturated heterocycles. The summed E-state index contributed by atoms with van der Waals surface area (Å²) in [6.45, 7) is 5.06. The lowest BCUT2D eigenvalue weighted by molar-refractivity contribution is 1.19. The van der Waals surface area contributed by atoms with Gasteiger partial charge < -0.3 is 5.32 Å². The number of pyridine rings is 1. The van der Waals surface area contributed by atoms with E-state index in [2.05, 4.69) is 64.3 Å². The number of halogens is 1. The van der Waals surface area contributed by atoms with E-state index in [1.165, 1.54) is 25.2 Å². The molecule has 0 amide bonds. The molecule has 0 atom stereocenters. The molecule has 0 saturated carbocycles. The van der Waals surface area contributed by atoms with Gasteiger partial charge in [-0.05, 0) is 59.6 Å². The minimum absolute atomic E-state index is 0.837. The number of hydrogen-bond donors (Lipinski definition) is 1. The molecule has 2 nitrogen and oxygen atoms in total. The summed E-state index contributed by atoms with van der Waals surface area (Å²) in [6, 6.07) is 10.5. The highest BCUT2D eigenvalue weighted by atomic mass is 79.9. The average molecular weight is 347 g/mol. The summed E-state index contributed by atoms with van der Waals surface area (Å²) < 4.78 is 1.19. The zero-order valence-corrected chi connectivity index (χ0v) is 13.8. The van der Waals surface area contributed by atoms with Gasteiger partial charge in [-0.2, -0.15) is 0 Å². The second-order valence-corrected chi connectivity index (χ2v) is 7.00. The normalized spacial score (nSPS) is 10.9. The van der Waals surface area contributed by atoms with Crippen LogP contribution in [0.25, 0.3) is 10.9 Å². The fraction of sp³-hybridized carbons (Fsp3) is 0.188. The number of rotatable bonds is 3. The fourth-order valence-corrected chi connectivity index (χ4v) is 3.80. The zero-order valence-electron chi connectivity index (χ0n) is 11.4. The quantitative estimate of drug-likeness (QED) is 0.697. The SMILES string of the molecule is Cc1sc(CNc2ccc(C)c3ncccc23)cc1Br. The Balaban J connectivity index is 1.89. The van der Waals surface area contributed by atoms with Crippen molar-refractivity contribution in [3.05, 3.63) is 56.3 Å². The largest absolute Gasteiger partial charge is 0.380 e. The molecule has 0 bridgehead atoms. The van der Waals surface area contributed by atoms with Gasteiger partial charge in [-0.3, -0.25) is 4.98 Å². The molecule has 0 radical (unpaired) electrons. The molecule has 0 aliphatic rings. The van der Waals surface area contributed by atoms with Crippen molar-refractivity contribution in [1.82, 2.24) is 4.98 Å². The lowest BCUT2D eigenvalue weighted by Crippen LogP contribution is -1.99. The molecule has 0 fully saturated rings. The van der Waals surface area contributed by atoms with Crippen LogP contribution in [0.4, 0.5) is 5.69 Å². The fourth-order valence-electron chi connectivity index (χ4n) is 2.26. The van der Waals surface area contributed by atoms with E-state index in [0.29, 0.717) is 0 Å². The van der Waals surface area contributed by atoms with Gasteiger partial charge in [0.05, 0.1) is 5.52 Å². The van der Waals surface area contributed by atoms with Gasteiger partial charge in [0.1, 0.15) is 0 Å². The number of aryl methyl sites for hydroxylation is 2. The Kier molecular flexibility index (Phi) is 3.76. The van der Waals surface area contributed by atoms with Crippen LogP contribution in [0.3, 0.4) is 0 Å². The van der Waals surface area contributed by atoms with Crippen molar-refractivity contribution in [2.75, 3.05) is 5.32 Å². The monoisotopic (exact) mass is 346 g/mol. The molecular formula is C16H15BrN2S. The zero-order chi connectivity index (χ0) is 14.1. The lowest BCUT2D eigenvalue weighted by Gasteiger charge is -2.10. The molecule has 1 aromatic carbocycles. The second kappa shape index (κ2) is 5.54. The third kappa shape index (κ3) is 2.58. The van der Waals surface area contributed by atoms with E-state index in [9.17, 15) is 0 Å². The Morgan fingerprint density at radius 2 is 2.10 bits per heavy atom. The number of aromatic nitrogens is 1. The van der Waals surface area contributed by atoms with Gasteiger partial charge in [-0.1, -0.05) is 6.07 Å². The molecule has 20 heavy (non-hydrogen) atoms. The Hall–Kier alpha value is -1.39. The van der Waals surface area contributed by atoms with Crippen LogP contribution in [-0.4, -0.2) is 4.98 Å². The van der Waals surface area contributed by atoms with Gasteiger partial charge >= 0.3 is 0 Å². The van der Waals surface area contributed by atoms with Crippen molar-refractivity contribution in [3.8, 4) is 0 Å². The summed E-state index contributed by atoms with van der Waals surface area (Å²) in [5.41, 5.74) is 3.42. The Labute approximate surface area is 131 Å². The standard InChI is InChI=1S/C16H15BrN2S/c1-10-5-6-15(13-4-3-7-18-16(10)13)19-9-12-8-14(17)11(2)20-12/h3-8,19H,9H2,1-2H3. The molecule has 0 unspecified atom stereocenters. The molecule has 0 aliphatic carbocycles. The Morgan fingerprint density at radius 1 is 1.25 bits per heavy atom. The first-order valence-electron chi connectivity index (χ1n) is 6.48. The van der Waals surface area contributed by atoms with Gasteiger partial charge in [-0.25, -0.2) is 0 Å². The number of benzene rings is 1. The first kappa shape index (κ1) is 13.6. The van der Waals surface area contributed by atoms with Crippen molar-refractivity contribution < 1.29 is 0 Å². The maximum absolute atomic E-state index is 4.47. The smallest absolute Gasteiger partial charge is 0.0751 e. The number of hydrogen-bond acceptors (Lipinski definition) is 3. The first-order chi connectivity index (χ1) is 9.65. The van der Waals surface area contributed by atoms with Crippen molar-refractivity contribution >= 4 is 43.9 Å². The van der Waals surface area contributed by atoms with Gasteiger partial charge in [0.25, 0.3) is 0 Å². The van der Waals surface area contributed by atoms with E-state index in [0.717, 1.165) is 17.7 Å². The van der Waals surface area contributed by atoms with Crippen LogP contribution in [-0.2, 0) is 6.54 Å². The van der Waals surface area contributed by atoms with E-state index in [1.54, 1.807) is 0 Å². The minimum Gasteiger partial charge on any atom is -0.380 e. The van der Waals surface area contributed by atoms with Crippen LogP contribution in [0.2, 0.25) is 0 Å². The van der Waals surface area contributed by atoms with E-state index in [4.69, 9.17) is 0 Å². The first-order valence-corrected chi connectivity index (χ1v) is 8.09. The number of nitrogens with one attached hydrogen (secondary N) is 1. The molecule has 3 aromatic rings. The molecule has 2 aromatic heterocycles. The summed E-state index contributed by atoms with van der Waals surface area (Å²) in [5.74, 6) is 0. The van der Waals surface area contributed by atoms with E-state index < -0.39 is 0 Å². The van der Waals surface area contributed by atoms with Crippen LogP contribution in [0.1, 0.15) is 15.3 Å². The van der Waals surface area contributed by atoms with Crippen LogP contribution < -0.4 is 5.32 Å². The predicted molar refractivity (Wildman–Crippen MR) is 90.6 cm³/mol. The van der Waals surface area contributed by atoms with Gasteiger partial charge in [-0.15, -0.1) is 11.3 Å². The maximum Gasteiger partial charge on any atom is 0.0751 e. The lowest BCUT2D eigenvalue weighted by atomic mass is 10.1. The maximum atomic E-state index is 4.47. The highest BCUT2D eigenvalue weighted by molar-refractivity contribution is 9.10. The van der Waals surface area contributed by atoms with E-state index in [1.807, 2.05) is 23.6 Å². The summed E-state index contributed by atoms with van der Waals surface area (Å²) in [4.78, 5) is 7.11. The van der Waals surface area contributed by atoms with Crippen LogP contribution in [0.5, 0.6) is 0 Å². The highest BCUT2D eigenvalue weighted by Crippen LogP contribution is 2.29. The molecule has 0 spiro atoms. The third-order valence-electron chi connectivity index (χ3n) is 3.33. The molecule has 3 rings (SSSR count). The van der Waals surface area contributed by atoms with Crippen LogP contribution in [0, 0.1) is 13.8 Å². The summed E-state index contributed by atoms with van der Waals surface area (Å²) in [6.07, 6.45) is 1.85. The molecule has 2 heterocycles. The number of nitrogens with zero attached hydrogens (tertiary/aromatic N) is 1. The van der Waals surface area contributed by atoms with Crippen molar-refractivity contribution in [2.45, 2.75) is 20.4 Å². The third-order valence-corrected chi connectivity index (χ3v) is 5.47. The number of fused-ring (bicyclic) bond motifs is 1. The molecular weight excluding hydrogens is 332 g/mol. The number of anilines is 1. The average Bonchev–Trinajstić information content (AvgIpc) is 2.77. The molecule has 4 heteroatoms. The van der Waals surface area contributed by atoms with Gasteiger partial charge in [0.2, 0.25) is 0 Å². The number of thiophene rings is 1. The summed E-state index contributed by atoms with van der Waals surface area (Å²) in [5, 5.41) is 4.70. The molecule has 102 valence electrons. The topological polar surface area (TPSA) is 24.9 Å². The molecule has 1 N–H and O–H groups in total. The van der Waals surface area contributed by atoms with Crippen molar-refractivity contribution in [2.24, 2.45) is 0 Å². The highest BCUT2D eigenvalue weighted by Gasteiger charge is 2.06. The van der Waals surface area contributed by atoms with Gasteiger partial charge in [0.15, 0.2) is 0 Å². The van der Waals surface area contributed by atoms with Crippen molar-refractivity contribution in [1.29, 1.82) is 0 Å². The van der Waals surface area contributed by atoms with Gasteiger partial charge in [0, 0.05) is 38.0 Å². The Morgan fingerprint density at radius 3 is 2.85 bits per heavy atom. The van der Waals surface area contributed by atoms with E-state index in [-0.39, 0.29) is 0 Å². The Bertz CT molecular complexity index is 745. The second-order valence-electron chi connectivity index (χ2n) is 4.80. The van der Waals surface area contributed by atoms with E-state index >= 15 is 0 Å². The summed E-state index contributed by atoms with van der Waals surface area (Å²) >= 11 is 5.38. The van der Waals surface area contributed by atoms with Crippen molar-refractivity contribution in [3.63, 3.8) is 0 Å². The van der Waals surface area contributed by atoms with Crippen LogP contribution >= 0.6 is 27.3 Å². The molecule has 0 aliphatic heterocycles. The predicted octanol–water partition coefficient (Wildman–Crippen LogP) is 5.29. The van der Waals surface area contributed by atoms with Crippen LogP contribution in [0.15, 0.2) is 41.0 Å². The minimum atomic E-state index is 0.837.